The van der Waals surface area contributed by atoms with Crippen LogP contribution in [0.1, 0.15) is 40.0 Å². The predicted molar refractivity (Wildman–Crippen MR) is 83.2 cm³/mol. The number of hydrogen-bond donors (Lipinski definition) is 2. The number of rotatable bonds is 6. The molecular weight excluding hydrogens is 252 g/mol. The number of nitrogens with one attached hydrogen (secondary N) is 2. The van der Waals surface area contributed by atoms with E-state index in [0.29, 0.717) is 18.2 Å². The lowest BCUT2D eigenvalue weighted by Gasteiger charge is -2.35. The molecule has 1 saturated carbocycles. The second-order valence-electron chi connectivity index (χ2n) is 6.05. The van der Waals surface area contributed by atoms with Gasteiger partial charge in [-0.1, -0.05) is 0 Å². The number of ether oxygens (including phenoxy) is 1. The summed E-state index contributed by atoms with van der Waals surface area (Å²) in [5.41, 5.74) is 0. The van der Waals surface area contributed by atoms with Crippen LogP contribution in [0.15, 0.2) is 4.99 Å². The highest BCUT2D eigenvalue weighted by atomic mass is 16.5. The zero-order chi connectivity index (χ0) is 14.4. The van der Waals surface area contributed by atoms with Gasteiger partial charge in [0.05, 0.1) is 12.2 Å². The molecule has 20 heavy (non-hydrogen) atoms. The number of nitrogens with zero attached hydrogens (tertiary/aromatic N) is 2. The van der Waals surface area contributed by atoms with Crippen molar-refractivity contribution in [3.05, 3.63) is 0 Å². The Morgan fingerprint density at radius 3 is 2.55 bits per heavy atom. The van der Waals surface area contributed by atoms with Crippen molar-refractivity contribution in [1.29, 1.82) is 0 Å². The summed E-state index contributed by atoms with van der Waals surface area (Å²) in [6.07, 6.45) is 4.40. The van der Waals surface area contributed by atoms with Gasteiger partial charge in [0.15, 0.2) is 5.96 Å². The highest BCUT2D eigenvalue weighted by Gasteiger charge is 2.22. The van der Waals surface area contributed by atoms with Crippen molar-refractivity contribution in [1.82, 2.24) is 15.5 Å². The maximum absolute atomic E-state index is 5.75. The average molecular weight is 282 g/mol. The van der Waals surface area contributed by atoms with Gasteiger partial charge in [0, 0.05) is 38.8 Å². The molecule has 2 rings (SSSR count). The van der Waals surface area contributed by atoms with E-state index in [-0.39, 0.29) is 0 Å². The molecule has 2 fully saturated rings. The Hall–Kier alpha value is -0.810. The van der Waals surface area contributed by atoms with E-state index in [1.54, 1.807) is 0 Å². The largest absolute Gasteiger partial charge is 0.373 e. The minimum atomic E-state index is 0.358. The number of morpholine rings is 1. The van der Waals surface area contributed by atoms with Gasteiger partial charge in [-0.3, -0.25) is 9.89 Å². The van der Waals surface area contributed by atoms with Crippen molar-refractivity contribution in [2.75, 3.05) is 32.7 Å². The molecule has 0 aromatic rings. The van der Waals surface area contributed by atoms with Gasteiger partial charge in [-0.05, 0) is 40.0 Å². The van der Waals surface area contributed by atoms with Gasteiger partial charge < -0.3 is 15.4 Å². The van der Waals surface area contributed by atoms with Crippen LogP contribution in [0.25, 0.3) is 0 Å². The lowest BCUT2D eigenvalue weighted by molar-refractivity contribution is -0.0679. The van der Waals surface area contributed by atoms with Gasteiger partial charge in [-0.25, -0.2) is 0 Å². The fraction of sp³-hybridized carbons (Fsp3) is 0.933. The second kappa shape index (κ2) is 7.84. The molecule has 0 radical (unpaired) electrons. The molecule has 0 aromatic heterocycles. The zero-order valence-corrected chi connectivity index (χ0v) is 13.2. The van der Waals surface area contributed by atoms with Gasteiger partial charge in [0.25, 0.3) is 0 Å². The predicted octanol–water partition coefficient (Wildman–Crippen LogP) is 1.20. The molecule has 0 amide bonds. The van der Waals surface area contributed by atoms with Crippen molar-refractivity contribution in [2.45, 2.75) is 58.3 Å². The van der Waals surface area contributed by atoms with Crippen molar-refractivity contribution in [3.8, 4) is 0 Å². The summed E-state index contributed by atoms with van der Waals surface area (Å²) in [6.45, 7) is 11.5. The van der Waals surface area contributed by atoms with E-state index < -0.39 is 0 Å². The quantitative estimate of drug-likeness (QED) is 0.437. The van der Waals surface area contributed by atoms with Crippen LogP contribution in [-0.2, 0) is 4.74 Å². The highest BCUT2D eigenvalue weighted by Crippen LogP contribution is 2.18. The molecule has 1 aliphatic heterocycles. The molecule has 0 bridgehead atoms. The smallest absolute Gasteiger partial charge is 0.191 e. The topological polar surface area (TPSA) is 48.9 Å². The number of aliphatic imine (C=N–C) groups is 1. The zero-order valence-electron chi connectivity index (χ0n) is 13.2. The van der Waals surface area contributed by atoms with E-state index in [9.17, 15) is 0 Å². The van der Waals surface area contributed by atoms with Crippen LogP contribution in [0.5, 0.6) is 0 Å². The third-order valence-electron chi connectivity index (χ3n) is 3.66. The standard InChI is InChI=1S/C15H30N4O/c1-4-16-15(18-14-6-7-14)17-8-5-9-19-10-12(2)20-13(3)11-19/h12-14H,4-11H2,1-3H3,(H2,16,17,18). The van der Waals surface area contributed by atoms with Gasteiger partial charge >= 0.3 is 0 Å². The SMILES string of the molecule is CCNC(=NCCCN1CC(C)OC(C)C1)NC1CC1. The summed E-state index contributed by atoms with van der Waals surface area (Å²) in [5, 5.41) is 6.76. The average Bonchev–Trinajstić information content (AvgIpc) is 3.17. The Labute approximate surface area is 123 Å². The van der Waals surface area contributed by atoms with Crippen LogP contribution < -0.4 is 10.6 Å². The summed E-state index contributed by atoms with van der Waals surface area (Å²) < 4.78 is 5.75. The van der Waals surface area contributed by atoms with Crippen LogP contribution in [-0.4, -0.2) is 61.8 Å². The van der Waals surface area contributed by atoms with Crippen molar-refractivity contribution < 1.29 is 4.74 Å². The van der Waals surface area contributed by atoms with Crippen molar-refractivity contribution in [3.63, 3.8) is 0 Å². The Kier molecular flexibility index (Phi) is 6.10. The monoisotopic (exact) mass is 282 g/mol. The molecular formula is C15H30N4O. The van der Waals surface area contributed by atoms with E-state index in [0.717, 1.165) is 45.1 Å². The van der Waals surface area contributed by atoms with Crippen LogP contribution in [0.3, 0.4) is 0 Å². The molecule has 2 unspecified atom stereocenters. The summed E-state index contributed by atoms with van der Waals surface area (Å²) in [6, 6.07) is 0.661. The Morgan fingerprint density at radius 1 is 1.25 bits per heavy atom. The fourth-order valence-electron chi connectivity index (χ4n) is 2.69. The van der Waals surface area contributed by atoms with Crippen molar-refractivity contribution in [2.24, 2.45) is 4.99 Å². The van der Waals surface area contributed by atoms with Crippen molar-refractivity contribution >= 4 is 5.96 Å². The molecule has 0 spiro atoms. The normalized spacial score (nSPS) is 28.4. The maximum Gasteiger partial charge on any atom is 0.191 e. The van der Waals surface area contributed by atoms with E-state index in [2.05, 4.69) is 41.3 Å². The Bertz CT molecular complexity index is 307. The maximum atomic E-state index is 5.75. The Balaban J connectivity index is 1.65. The molecule has 1 aliphatic carbocycles. The second-order valence-corrected chi connectivity index (χ2v) is 6.05. The minimum absolute atomic E-state index is 0.358. The fourth-order valence-corrected chi connectivity index (χ4v) is 2.69. The Morgan fingerprint density at radius 2 is 1.95 bits per heavy atom. The van der Waals surface area contributed by atoms with Crippen LogP contribution >= 0.6 is 0 Å². The lowest BCUT2D eigenvalue weighted by atomic mass is 10.2. The van der Waals surface area contributed by atoms with E-state index in [1.165, 1.54) is 12.8 Å². The van der Waals surface area contributed by atoms with Crippen LogP contribution in [0, 0.1) is 0 Å². The molecule has 5 heteroatoms. The summed E-state index contributed by atoms with van der Waals surface area (Å²) in [5.74, 6) is 0.985. The van der Waals surface area contributed by atoms with Crippen LogP contribution in [0.2, 0.25) is 0 Å². The molecule has 2 atom stereocenters. The highest BCUT2D eigenvalue weighted by molar-refractivity contribution is 5.80. The van der Waals surface area contributed by atoms with E-state index >= 15 is 0 Å². The number of hydrogen-bond acceptors (Lipinski definition) is 3. The van der Waals surface area contributed by atoms with Crippen LogP contribution in [0.4, 0.5) is 0 Å². The van der Waals surface area contributed by atoms with Gasteiger partial charge in [0.2, 0.25) is 0 Å². The lowest BCUT2D eigenvalue weighted by Crippen LogP contribution is -2.45. The number of guanidine groups is 1. The molecule has 116 valence electrons. The third-order valence-corrected chi connectivity index (χ3v) is 3.66. The first-order valence-corrected chi connectivity index (χ1v) is 8.10. The first kappa shape index (κ1) is 15.6. The molecule has 2 N–H and O–H groups in total. The van der Waals surface area contributed by atoms with Gasteiger partial charge in [0.1, 0.15) is 0 Å². The molecule has 1 saturated heterocycles. The molecule has 5 nitrogen and oxygen atoms in total. The summed E-state index contributed by atoms with van der Waals surface area (Å²) in [7, 11) is 0. The third kappa shape index (κ3) is 5.67. The summed E-state index contributed by atoms with van der Waals surface area (Å²) in [4.78, 5) is 7.15. The molecule has 0 aromatic carbocycles. The van der Waals surface area contributed by atoms with E-state index in [1.807, 2.05) is 0 Å². The first-order chi connectivity index (χ1) is 9.67. The van der Waals surface area contributed by atoms with Gasteiger partial charge in [-0.15, -0.1) is 0 Å². The van der Waals surface area contributed by atoms with E-state index in [4.69, 9.17) is 4.74 Å². The first-order valence-electron chi connectivity index (χ1n) is 8.10. The molecule has 1 heterocycles. The summed E-state index contributed by atoms with van der Waals surface area (Å²) >= 11 is 0. The van der Waals surface area contributed by atoms with Gasteiger partial charge in [-0.2, -0.15) is 0 Å². The molecule has 2 aliphatic rings. The minimum Gasteiger partial charge on any atom is -0.373 e.